The van der Waals surface area contributed by atoms with Crippen molar-refractivity contribution in [1.29, 1.82) is 5.26 Å². The SMILES string of the molecule is Cc1ccc(NC(=O)/C(C#N)=C\c2cccc(OCC(=O)Nc3ccccc3C)c2)cc1. The van der Waals surface area contributed by atoms with Gasteiger partial charge in [-0.1, -0.05) is 48.0 Å². The van der Waals surface area contributed by atoms with Crippen LogP contribution in [-0.2, 0) is 9.59 Å². The molecule has 0 fully saturated rings. The number of hydrogen-bond acceptors (Lipinski definition) is 4. The van der Waals surface area contributed by atoms with Crippen molar-refractivity contribution in [3.8, 4) is 11.8 Å². The summed E-state index contributed by atoms with van der Waals surface area (Å²) in [5.74, 6) is -0.328. The number of anilines is 2. The van der Waals surface area contributed by atoms with Crippen molar-refractivity contribution in [2.75, 3.05) is 17.2 Å². The van der Waals surface area contributed by atoms with Gasteiger partial charge in [0.25, 0.3) is 11.8 Å². The van der Waals surface area contributed by atoms with E-state index in [-0.39, 0.29) is 18.1 Å². The van der Waals surface area contributed by atoms with Gasteiger partial charge in [0.05, 0.1) is 0 Å². The first kappa shape index (κ1) is 22.3. The molecule has 2 amide bonds. The van der Waals surface area contributed by atoms with Gasteiger partial charge >= 0.3 is 0 Å². The number of hydrogen-bond donors (Lipinski definition) is 2. The molecule has 0 aliphatic heterocycles. The Morgan fingerprint density at radius 3 is 2.44 bits per heavy atom. The minimum absolute atomic E-state index is 0.0416. The van der Waals surface area contributed by atoms with Crippen LogP contribution in [0.5, 0.6) is 5.75 Å². The zero-order valence-corrected chi connectivity index (χ0v) is 17.9. The lowest BCUT2D eigenvalue weighted by Crippen LogP contribution is -2.20. The zero-order valence-electron chi connectivity index (χ0n) is 17.9. The summed E-state index contributed by atoms with van der Waals surface area (Å²) in [6.07, 6.45) is 1.48. The van der Waals surface area contributed by atoms with Crippen molar-refractivity contribution in [1.82, 2.24) is 0 Å². The number of nitrogens with zero attached hydrogens (tertiary/aromatic N) is 1. The van der Waals surface area contributed by atoms with Crippen LogP contribution in [-0.4, -0.2) is 18.4 Å². The molecule has 6 heteroatoms. The van der Waals surface area contributed by atoms with Gasteiger partial charge in [0, 0.05) is 11.4 Å². The molecule has 0 aliphatic rings. The average Bonchev–Trinajstić information content (AvgIpc) is 2.79. The number of aryl methyl sites for hydroxylation is 2. The van der Waals surface area contributed by atoms with Gasteiger partial charge in [0.2, 0.25) is 0 Å². The van der Waals surface area contributed by atoms with Gasteiger partial charge < -0.3 is 15.4 Å². The molecule has 0 unspecified atom stereocenters. The molecule has 3 aromatic carbocycles. The van der Waals surface area contributed by atoms with Crippen LogP contribution in [0.25, 0.3) is 6.08 Å². The highest BCUT2D eigenvalue weighted by Gasteiger charge is 2.10. The standard InChI is InChI=1S/C26H23N3O3/c1-18-10-12-22(13-11-18)28-26(31)21(16-27)14-20-7-5-8-23(15-20)32-17-25(30)29-24-9-4-3-6-19(24)2/h3-15H,17H2,1-2H3,(H,28,31)(H,29,30)/b21-14-. The van der Waals surface area contributed by atoms with E-state index in [4.69, 9.17) is 4.74 Å². The minimum Gasteiger partial charge on any atom is -0.484 e. The summed E-state index contributed by atoms with van der Waals surface area (Å²) in [5.41, 5.74) is 3.94. The Labute approximate surface area is 187 Å². The first-order valence-electron chi connectivity index (χ1n) is 10.0. The van der Waals surface area contributed by atoms with E-state index in [0.29, 0.717) is 17.0 Å². The van der Waals surface area contributed by atoms with Crippen LogP contribution >= 0.6 is 0 Å². The molecule has 6 nitrogen and oxygen atoms in total. The first-order valence-corrected chi connectivity index (χ1v) is 10.0. The molecule has 0 aromatic heterocycles. The maximum absolute atomic E-state index is 12.4. The predicted molar refractivity (Wildman–Crippen MR) is 125 cm³/mol. The molecular formula is C26H23N3O3. The Bertz CT molecular complexity index is 1190. The predicted octanol–water partition coefficient (Wildman–Crippen LogP) is 4.87. The van der Waals surface area contributed by atoms with Crippen LogP contribution in [0.1, 0.15) is 16.7 Å². The van der Waals surface area contributed by atoms with Crippen LogP contribution in [0, 0.1) is 25.2 Å². The van der Waals surface area contributed by atoms with Gasteiger partial charge in [0.1, 0.15) is 17.4 Å². The molecule has 3 rings (SSSR count). The highest BCUT2D eigenvalue weighted by Crippen LogP contribution is 2.18. The van der Waals surface area contributed by atoms with Gasteiger partial charge in [0.15, 0.2) is 6.61 Å². The van der Waals surface area contributed by atoms with Gasteiger partial charge in [-0.05, 0) is 61.4 Å². The lowest BCUT2D eigenvalue weighted by atomic mass is 10.1. The Hall–Kier alpha value is -4.37. The van der Waals surface area contributed by atoms with Crippen molar-refractivity contribution in [2.45, 2.75) is 13.8 Å². The lowest BCUT2D eigenvalue weighted by molar-refractivity contribution is -0.118. The molecule has 0 spiro atoms. The van der Waals surface area contributed by atoms with E-state index in [1.165, 1.54) is 6.08 Å². The second-order valence-corrected chi connectivity index (χ2v) is 7.21. The number of benzene rings is 3. The zero-order chi connectivity index (χ0) is 22.9. The molecule has 2 N–H and O–H groups in total. The lowest BCUT2D eigenvalue weighted by Gasteiger charge is -2.10. The van der Waals surface area contributed by atoms with Crippen molar-refractivity contribution in [3.05, 3.63) is 95.1 Å². The number of rotatable bonds is 7. The van der Waals surface area contributed by atoms with Gasteiger partial charge in [-0.2, -0.15) is 5.26 Å². The Morgan fingerprint density at radius 2 is 1.72 bits per heavy atom. The van der Waals surface area contributed by atoms with Crippen LogP contribution < -0.4 is 15.4 Å². The molecule has 32 heavy (non-hydrogen) atoms. The average molecular weight is 425 g/mol. The Morgan fingerprint density at radius 1 is 0.969 bits per heavy atom. The number of carbonyl (C=O) groups is 2. The minimum atomic E-state index is -0.500. The maximum atomic E-state index is 12.4. The number of nitriles is 1. The van der Waals surface area contributed by atoms with E-state index in [9.17, 15) is 14.9 Å². The molecule has 0 aliphatic carbocycles. The molecule has 0 heterocycles. The quantitative estimate of drug-likeness (QED) is 0.417. The van der Waals surface area contributed by atoms with E-state index in [2.05, 4.69) is 10.6 Å². The third-order valence-corrected chi connectivity index (χ3v) is 4.63. The second kappa shape index (κ2) is 10.6. The summed E-state index contributed by atoms with van der Waals surface area (Å²) in [7, 11) is 0. The van der Waals surface area contributed by atoms with Gasteiger partial charge in [-0.15, -0.1) is 0 Å². The molecular weight excluding hydrogens is 402 g/mol. The van der Waals surface area contributed by atoms with Gasteiger partial charge in [-0.25, -0.2) is 0 Å². The smallest absolute Gasteiger partial charge is 0.266 e. The summed E-state index contributed by atoms with van der Waals surface area (Å²) >= 11 is 0. The third kappa shape index (κ3) is 6.31. The Kier molecular flexibility index (Phi) is 7.39. The first-order chi connectivity index (χ1) is 15.4. The van der Waals surface area contributed by atoms with E-state index >= 15 is 0 Å². The van der Waals surface area contributed by atoms with E-state index in [0.717, 1.165) is 16.8 Å². The summed E-state index contributed by atoms with van der Waals surface area (Å²) in [6, 6.07) is 23.6. The second-order valence-electron chi connectivity index (χ2n) is 7.21. The van der Waals surface area contributed by atoms with Crippen LogP contribution in [0.2, 0.25) is 0 Å². The van der Waals surface area contributed by atoms with E-state index in [1.807, 2.05) is 56.3 Å². The molecule has 0 bridgehead atoms. The summed E-state index contributed by atoms with van der Waals surface area (Å²) < 4.78 is 5.58. The number of para-hydroxylation sites is 1. The summed E-state index contributed by atoms with van der Waals surface area (Å²) in [4.78, 5) is 24.6. The maximum Gasteiger partial charge on any atom is 0.266 e. The normalized spacial score (nSPS) is 10.7. The molecule has 3 aromatic rings. The van der Waals surface area contributed by atoms with Crippen LogP contribution in [0.15, 0.2) is 78.4 Å². The van der Waals surface area contributed by atoms with Crippen LogP contribution in [0.4, 0.5) is 11.4 Å². The number of carbonyl (C=O) groups excluding carboxylic acids is 2. The topological polar surface area (TPSA) is 91.2 Å². The van der Waals surface area contributed by atoms with Crippen LogP contribution in [0.3, 0.4) is 0 Å². The van der Waals surface area contributed by atoms with E-state index < -0.39 is 5.91 Å². The van der Waals surface area contributed by atoms with Gasteiger partial charge in [-0.3, -0.25) is 9.59 Å². The van der Waals surface area contributed by atoms with Crippen molar-refractivity contribution in [3.63, 3.8) is 0 Å². The Balaban J connectivity index is 1.63. The fraction of sp³-hybridized carbons (Fsp3) is 0.115. The fourth-order valence-corrected chi connectivity index (χ4v) is 2.89. The van der Waals surface area contributed by atoms with E-state index in [1.54, 1.807) is 36.4 Å². The number of ether oxygens (including phenoxy) is 1. The molecule has 0 saturated heterocycles. The molecule has 0 radical (unpaired) electrons. The van der Waals surface area contributed by atoms with Crippen molar-refractivity contribution < 1.29 is 14.3 Å². The highest BCUT2D eigenvalue weighted by molar-refractivity contribution is 6.09. The summed E-state index contributed by atoms with van der Waals surface area (Å²) in [6.45, 7) is 3.70. The van der Waals surface area contributed by atoms with Crippen molar-refractivity contribution >= 4 is 29.3 Å². The van der Waals surface area contributed by atoms with Crippen molar-refractivity contribution in [2.24, 2.45) is 0 Å². The fourth-order valence-electron chi connectivity index (χ4n) is 2.89. The molecule has 0 atom stereocenters. The number of amides is 2. The largest absolute Gasteiger partial charge is 0.484 e. The number of nitrogens with one attached hydrogen (secondary N) is 2. The molecule has 0 saturated carbocycles. The molecule has 160 valence electrons. The summed E-state index contributed by atoms with van der Waals surface area (Å²) in [5, 5.41) is 14.9. The highest BCUT2D eigenvalue weighted by atomic mass is 16.5. The third-order valence-electron chi connectivity index (χ3n) is 4.63. The monoisotopic (exact) mass is 425 g/mol.